The Kier molecular flexibility index (Phi) is 3.46. The quantitative estimate of drug-likeness (QED) is 0.404. The van der Waals surface area contributed by atoms with Gasteiger partial charge in [-0.05, 0) is 79.1 Å². The lowest BCUT2D eigenvalue weighted by Crippen LogP contribution is -2.53. The minimum atomic E-state index is -0.00931. The van der Waals surface area contributed by atoms with Crippen LogP contribution in [0.5, 0.6) is 0 Å². The van der Waals surface area contributed by atoms with Gasteiger partial charge in [-0.2, -0.15) is 0 Å². The summed E-state index contributed by atoms with van der Waals surface area (Å²) in [6.45, 7) is 10.6. The number of carbonyl (C=O) groups excluding carboxylic acids is 1. The Hall–Kier alpha value is -1.05. The summed E-state index contributed by atoms with van der Waals surface area (Å²) in [6.07, 6.45) is 12.7. The molecule has 0 aromatic rings. The number of hydrogen-bond donors (Lipinski definition) is 0. The van der Waals surface area contributed by atoms with E-state index in [1.54, 1.807) is 5.57 Å². The lowest BCUT2D eigenvalue weighted by molar-refractivity contribution is -0.137. The van der Waals surface area contributed by atoms with Crippen LogP contribution in [-0.4, -0.2) is 12.6 Å². The van der Waals surface area contributed by atoms with E-state index in [0.717, 1.165) is 30.3 Å². The van der Waals surface area contributed by atoms with Crippen molar-refractivity contribution < 1.29 is 9.53 Å². The van der Waals surface area contributed by atoms with Crippen molar-refractivity contribution in [2.45, 2.75) is 79.1 Å². The number of esters is 1. The van der Waals surface area contributed by atoms with Crippen LogP contribution in [0, 0.1) is 34.0 Å². The van der Waals surface area contributed by atoms with E-state index >= 15 is 0 Å². The number of allylic oxidation sites excluding steroid dienone is 2. The molecule has 0 bridgehead atoms. The molecule has 1 heterocycles. The second kappa shape index (κ2) is 5.26. The smallest absolute Gasteiger partial charge is 0.334 e. The molecule has 5 atom stereocenters. The van der Waals surface area contributed by atoms with Gasteiger partial charge in [-0.3, -0.25) is 0 Å². The van der Waals surface area contributed by atoms with Gasteiger partial charge < -0.3 is 4.74 Å². The van der Waals surface area contributed by atoms with E-state index in [1.807, 2.05) is 0 Å². The largest absolute Gasteiger partial charge is 0.458 e. The number of hydrogen-bond acceptors (Lipinski definition) is 2. The Bertz CT molecular complexity index is 726. The Morgan fingerprint density at radius 2 is 1.85 bits per heavy atom. The van der Waals surface area contributed by atoms with Crippen molar-refractivity contribution in [3.05, 3.63) is 22.8 Å². The van der Waals surface area contributed by atoms with Gasteiger partial charge >= 0.3 is 5.97 Å². The Morgan fingerprint density at radius 3 is 2.65 bits per heavy atom. The van der Waals surface area contributed by atoms with Crippen molar-refractivity contribution in [3.63, 3.8) is 0 Å². The summed E-state index contributed by atoms with van der Waals surface area (Å²) >= 11 is 0. The first-order valence-electron chi connectivity index (χ1n) is 10.9. The van der Waals surface area contributed by atoms with E-state index in [-0.39, 0.29) is 11.4 Å². The van der Waals surface area contributed by atoms with Crippen molar-refractivity contribution >= 4 is 5.97 Å². The lowest BCUT2D eigenvalue weighted by Gasteiger charge is -2.61. The second-order valence-electron chi connectivity index (χ2n) is 11.0. The molecule has 2 heteroatoms. The number of rotatable bonds is 0. The van der Waals surface area contributed by atoms with Crippen LogP contribution in [0.25, 0.3) is 0 Å². The molecule has 0 unspecified atom stereocenters. The Morgan fingerprint density at radius 1 is 1.04 bits per heavy atom. The van der Waals surface area contributed by atoms with Gasteiger partial charge in [0.2, 0.25) is 0 Å². The molecule has 5 aliphatic rings. The van der Waals surface area contributed by atoms with Crippen LogP contribution in [0.1, 0.15) is 79.1 Å². The number of ether oxygens (including phenoxy) is 1. The van der Waals surface area contributed by atoms with Crippen LogP contribution in [-0.2, 0) is 9.53 Å². The summed E-state index contributed by atoms with van der Waals surface area (Å²) in [5, 5.41) is 0. The third-order valence-corrected chi connectivity index (χ3v) is 9.43. The molecule has 0 spiro atoms. The molecule has 4 aliphatic carbocycles. The van der Waals surface area contributed by atoms with Gasteiger partial charge in [0.1, 0.15) is 6.61 Å². The molecule has 26 heavy (non-hydrogen) atoms. The van der Waals surface area contributed by atoms with Gasteiger partial charge in [0.25, 0.3) is 0 Å². The monoisotopic (exact) mass is 354 g/mol. The van der Waals surface area contributed by atoms with E-state index in [1.165, 1.54) is 44.1 Å². The predicted molar refractivity (Wildman–Crippen MR) is 103 cm³/mol. The minimum absolute atomic E-state index is 0.00931. The maximum absolute atomic E-state index is 12.5. The first-order chi connectivity index (χ1) is 12.3. The topological polar surface area (TPSA) is 26.3 Å². The first kappa shape index (κ1) is 17.1. The highest BCUT2D eigenvalue weighted by Gasteiger charge is 2.59. The summed E-state index contributed by atoms with van der Waals surface area (Å²) in [6, 6.07) is 0. The SMILES string of the molecule is CC1(C)CCC[C@]2(C)[C@H]3CC[C@]4(C)C5=C(CC[C@H]4C3=CC[C@@H]12)COC5=O. The van der Waals surface area contributed by atoms with E-state index < -0.39 is 0 Å². The van der Waals surface area contributed by atoms with E-state index in [4.69, 9.17) is 4.74 Å². The van der Waals surface area contributed by atoms with Crippen LogP contribution >= 0.6 is 0 Å². The molecule has 2 fully saturated rings. The lowest BCUT2D eigenvalue weighted by atomic mass is 9.43. The maximum atomic E-state index is 12.5. The average Bonchev–Trinajstić information content (AvgIpc) is 2.95. The number of carbonyl (C=O) groups is 1. The summed E-state index contributed by atoms with van der Waals surface area (Å²) < 4.78 is 5.45. The summed E-state index contributed by atoms with van der Waals surface area (Å²) in [5.41, 5.74) is 5.06. The average molecular weight is 355 g/mol. The van der Waals surface area contributed by atoms with Crippen LogP contribution in [0.4, 0.5) is 0 Å². The Balaban J connectivity index is 1.56. The van der Waals surface area contributed by atoms with Crippen molar-refractivity contribution in [2.75, 3.05) is 6.61 Å². The van der Waals surface area contributed by atoms with Crippen molar-refractivity contribution in [3.8, 4) is 0 Å². The standard InChI is InChI=1S/C24H34O2/c1-22(2)11-5-12-23(3)18-10-13-24(4)17(16(18)7-9-19(22)23)8-6-15-14-26-21(25)20(15)24/h7,17-19H,5-6,8-14H2,1-4H3/t17-,18-,19-,23+,24-/m0/s1. The highest BCUT2D eigenvalue weighted by atomic mass is 16.5. The fourth-order valence-corrected chi connectivity index (χ4v) is 8.19. The van der Waals surface area contributed by atoms with E-state index in [0.29, 0.717) is 23.4 Å². The number of cyclic esters (lactones) is 1. The Labute approximate surface area is 158 Å². The van der Waals surface area contributed by atoms with Gasteiger partial charge in [-0.15, -0.1) is 0 Å². The van der Waals surface area contributed by atoms with Gasteiger partial charge in [0.15, 0.2) is 0 Å². The molecule has 2 nitrogen and oxygen atoms in total. The molecule has 0 amide bonds. The van der Waals surface area contributed by atoms with Crippen molar-refractivity contribution in [2.24, 2.45) is 34.0 Å². The van der Waals surface area contributed by atoms with Crippen molar-refractivity contribution in [1.82, 2.24) is 0 Å². The molecule has 0 aromatic heterocycles. The third-order valence-electron chi connectivity index (χ3n) is 9.43. The number of fused-ring (bicyclic) bond motifs is 6. The van der Waals surface area contributed by atoms with Crippen LogP contribution < -0.4 is 0 Å². The molecular weight excluding hydrogens is 320 g/mol. The summed E-state index contributed by atoms with van der Waals surface area (Å²) in [7, 11) is 0. The molecule has 0 saturated heterocycles. The molecule has 0 radical (unpaired) electrons. The molecule has 2 saturated carbocycles. The van der Waals surface area contributed by atoms with Gasteiger partial charge in [-0.1, -0.05) is 45.8 Å². The van der Waals surface area contributed by atoms with E-state index in [9.17, 15) is 4.79 Å². The minimum Gasteiger partial charge on any atom is -0.458 e. The summed E-state index contributed by atoms with van der Waals surface area (Å²) in [5.74, 6) is 2.11. The summed E-state index contributed by atoms with van der Waals surface area (Å²) in [4.78, 5) is 12.5. The fraction of sp³-hybridized carbons (Fsp3) is 0.792. The fourth-order valence-electron chi connectivity index (χ4n) is 8.19. The zero-order valence-corrected chi connectivity index (χ0v) is 17.0. The molecule has 0 aromatic carbocycles. The van der Waals surface area contributed by atoms with Gasteiger partial charge in [-0.25, -0.2) is 4.79 Å². The molecule has 142 valence electrons. The second-order valence-corrected chi connectivity index (χ2v) is 11.0. The first-order valence-corrected chi connectivity index (χ1v) is 10.9. The van der Waals surface area contributed by atoms with Gasteiger partial charge in [0, 0.05) is 11.0 Å². The maximum Gasteiger partial charge on any atom is 0.334 e. The highest BCUT2D eigenvalue weighted by molar-refractivity contribution is 5.93. The molecular formula is C24H34O2. The predicted octanol–water partition coefficient (Wildman–Crippen LogP) is 5.83. The third kappa shape index (κ3) is 2.02. The zero-order chi connectivity index (χ0) is 18.3. The molecule has 1 aliphatic heterocycles. The van der Waals surface area contributed by atoms with Crippen LogP contribution in [0.15, 0.2) is 22.8 Å². The van der Waals surface area contributed by atoms with Gasteiger partial charge in [0.05, 0.1) is 0 Å². The molecule has 0 N–H and O–H groups in total. The van der Waals surface area contributed by atoms with Crippen LogP contribution in [0.3, 0.4) is 0 Å². The van der Waals surface area contributed by atoms with E-state index in [2.05, 4.69) is 33.8 Å². The van der Waals surface area contributed by atoms with Crippen LogP contribution in [0.2, 0.25) is 0 Å². The zero-order valence-electron chi connectivity index (χ0n) is 17.0. The highest BCUT2D eigenvalue weighted by Crippen LogP contribution is 2.67. The van der Waals surface area contributed by atoms with Crippen molar-refractivity contribution in [1.29, 1.82) is 0 Å². The molecule has 5 rings (SSSR count). The normalized spacial score (nSPS) is 46.5.